The number of hydrogen-bond donors (Lipinski definition) is 1. The van der Waals surface area contributed by atoms with E-state index in [9.17, 15) is 9.59 Å². The van der Waals surface area contributed by atoms with Crippen molar-refractivity contribution in [3.8, 4) is 0 Å². The highest BCUT2D eigenvalue weighted by Crippen LogP contribution is 2.20. The van der Waals surface area contributed by atoms with E-state index in [0.717, 1.165) is 27.8 Å². The summed E-state index contributed by atoms with van der Waals surface area (Å²) in [5.74, 6) is 0.924. The third-order valence-corrected chi connectivity index (χ3v) is 7.16. The summed E-state index contributed by atoms with van der Waals surface area (Å²) in [4.78, 5) is 28.7. The molecule has 0 radical (unpaired) electrons. The van der Waals surface area contributed by atoms with Gasteiger partial charge in [-0.15, -0.1) is 11.8 Å². The molecule has 1 unspecified atom stereocenters. The van der Waals surface area contributed by atoms with Gasteiger partial charge < -0.3 is 10.2 Å². The van der Waals surface area contributed by atoms with E-state index in [1.54, 1.807) is 16.7 Å². The number of rotatable bonds is 12. The van der Waals surface area contributed by atoms with Crippen LogP contribution in [0.5, 0.6) is 0 Å². The fourth-order valence-electron chi connectivity index (χ4n) is 3.78. The Bertz CT molecular complexity index is 1090. The lowest BCUT2D eigenvalue weighted by molar-refractivity contribution is -0.139. The van der Waals surface area contributed by atoms with Crippen molar-refractivity contribution in [1.29, 1.82) is 0 Å². The molecule has 0 aliphatic heterocycles. The zero-order valence-electron chi connectivity index (χ0n) is 20.4. The lowest BCUT2D eigenvalue weighted by Crippen LogP contribution is -2.51. The topological polar surface area (TPSA) is 49.4 Å². The second-order valence-corrected chi connectivity index (χ2v) is 10.5. The standard InChI is InChI=1S/C29H33BrN2O2S/c1-3-16-31-29(34)27(18-23-8-5-4-6-9-23)32(19-25-10-7-11-26(30)17-25)28(33)21-35-20-24-14-12-22(2)13-15-24/h4-15,17,27H,3,16,18-21H2,1-2H3,(H,31,34). The Hall–Kier alpha value is -2.57. The maximum absolute atomic E-state index is 13.6. The van der Waals surface area contributed by atoms with Crippen LogP contribution in [-0.2, 0) is 28.3 Å². The number of carbonyl (C=O) groups excluding carboxylic acids is 2. The van der Waals surface area contributed by atoms with Crippen molar-refractivity contribution in [2.45, 2.75) is 45.0 Å². The van der Waals surface area contributed by atoms with E-state index in [1.807, 2.05) is 61.5 Å². The van der Waals surface area contributed by atoms with Crippen LogP contribution >= 0.6 is 27.7 Å². The quantitative estimate of drug-likeness (QED) is 0.293. The number of thioether (sulfide) groups is 1. The van der Waals surface area contributed by atoms with Crippen LogP contribution in [0.25, 0.3) is 0 Å². The zero-order valence-corrected chi connectivity index (χ0v) is 22.8. The molecule has 0 aliphatic rings. The Morgan fingerprint density at radius 2 is 1.66 bits per heavy atom. The lowest BCUT2D eigenvalue weighted by atomic mass is 10.0. The SMILES string of the molecule is CCCNC(=O)C(Cc1ccccc1)N(Cc1cccc(Br)c1)C(=O)CSCc1ccc(C)cc1. The third-order valence-electron chi connectivity index (χ3n) is 5.68. The van der Waals surface area contributed by atoms with Crippen LogP contribution in [0.1, 0.15) is 35.6 Å². The fraction of sp³-hybridized carbons (Fsp3) is 0.310. The van der Waals surface area contributed by atoms with Gasteiger partial charge in [-0.3, -0.25) is 9.59 Å². The minimum absolute atomic E-state index is 0.0327. The minimum Gasteiger partial charge on any atom is -0.354 e. The number of amides is 2. The van der Waals surface area contributed by atoms with Crippen molar-refractivity contribution < 1.29 is 9.59 Å². The van der Waals surface area contributed by atoms with Gasteiger partial charge in [0.2, 0.25) is 11.8 Å². The van der Waals surface area contributed by atoms with Crippen LogP contribution < -0.4 is 5.32 Å². The van der Waals surface area contributed by atoms with Crippen molar-refractivity contribution in [3.05, 3.63) is 106 Å². The second kappa shape index (κ2) is 14.1. The second-order valence-electron chi connectivity index (χ2n) is 8.63. The first-order chi connectivity index (χ1) is 17.0. The summed E-state index contributed by atoms with van der Waals surface area (Å²) >= 11 is 5.11. The molecule has 3 aromatic rings. The van der Waals surface area contributed by atoms with E-state index >= 15 is 0 Å². The molecule has 3 rings (SSSR count). The van der Waals surface area contributed by atoms with E-state index in [2.05, 4.69) is 52.4 Å². The normalized spacial score (nSPS) is 11.6. The molecule has 0 fully saturated rings. The van der Waals surface area contributed by atoms with Crippen molar-refractivity contribution in [2.75, 3.05) is 12.3 Å². The smallest absolute Gasteiger partial charge is 0.243 e. The van der Waals surface area contributed by atoms with Crippen LogP contribution in [0, 0.1) is 6.92 Å². The molecule has 184 valence electrons. The van der Waals surface area contributed by atoms with E-state index < -0.39 is 6.04 Å². The van der Waals surface area contributed by atoms with Crippen molar-refractivity contribution in [3.63, 3.8) is 0 Å². The lowest BCUT2D eigenvalue weighted by Gasteiger charge is -2.31. The van der Waals surface area contributed by atoms with Crippen LogP contribution in [0.4, 0.5) is 0 Å². The van der Waals surface area contributed by atoms with Gasteiger partial charge in [0.25, 0.3) is 0 Å². The number of benzene rings is 3. The molecule has 1 atom stereocenters. The maximum Gasteiger partial charge on any atom is 0.243 e. The van der Waals surface area contributed by atoms with Crippen LogP contribution in [-0.4, -0.2) is 35.1 Å². The predicted molar refractivity (Wildman–Crippen MR) is 149 cm³/mol. The molecule has 0 saturated heterocycles. The van der Waals surface area contributed by atoms with Gasteiger partial charge in [-0.05, 0) is 42.2 Å². The van der Waals surface area contributed by atoms with Gasteiger partial charge in [0.15, 0.2) is 0 Å². The van der Waals surface area contributed by atoms with Gasteiger partial charge in [0.05, 0.1) is 5.75 Å². The van der Waals surface area contributed by atoms with Gasteiger partial charge in [-0.25, -0.2) is 0 Å². The summed E-state index contributed by atoms with van der Waals surface area (Å²) in [5, 5.41) is 3.02. The van der Waals surface area contributed by atoms with E-state index in [0.29, 0.717) is 25.3 Å². The first kappa shape index (κ1) is 27.0. The largest absolute Gasteiger partial charge is 0.354 e. The van der Waals surface area contributed by atoms with Gasteiger partial charge in [-0.1, -0.05) is 95.1 Å². The van der Waals surface area contributed by atoms with E-state index in [4.69, 9.17) is 0 Å². The number of nitrogens with one attached hydrogen (secondary N) is 1. The summed E-state index contributed by atoms with van der Waals surface area (Å²) in [6.45, 7) is 5.06. The Kier molecular flexibility index (Phi) is 10.9. The van der Waals surface area contributed by atoms with Gasteiger partial charge in [-0.2, -0.15) is 0 Å². The fourth-order valence-corrected chi connectivity index (χ4v) is 5.09. The van der Waals surface area contributed by atoms with Gasteiger partial charge in [0.1, 0.15) is 6.04 Å². The average Bonchev–Trinajstić information content (AvgIpc) is 2.86. The molecule has 4 nitrogen and oxygen atoms in total. The molecule has 2 amide bonds. The monoisotopic (exact) mass is 552 g/mol. The molecule has 0 bridgehead atoms. The average molecular weight is 554 g/mol. The summed E-state index contributed by atoms with van der Waals surface area (Å²) in [5.41, 5.74) is 4.42. The molecule has 0 spiro atoms. The third kappa shape index (κ3) is 8.86. The van der Waals surface area contributed by atoms with Crippen molar-refractivity contribution >= 4 is 39.5 Å². The molecule has 0 saturated carbocycles. The molecule has 1 N–H and O–H groups in total. The molecule has 3 aromatic carbocycles. The first-order valence-corrected chi connectivity index (χ1v) is 13.9. The highest BCUT2D eigenvalue weighted by Gasteiger charge is 2.30. The maximum atomic E-state index is 13.6. The highest BCUT2D eigenvalue weighted by molar-refractivity contribution is 9.10. The predicted octanol–water partition coefficient (Wildman–Crippen LogP) is 6.16. The highest BCUT2D eigenvalue weighted by atomic mass is 79.9. The summed E-state index contributed by atoms with van der Waals surface area (Å²) in [6.07, 6.45) is 1.31. The summed E-state index contributed by atoms with van der Waals surface area (Å²) in [7, 11) is 0. The number of halogens is 1. The van der Waals surface area contributed by atoms with Gasteiger partial charge >= 0.3 is 0 Å². The van der Waals surface area contributed by atoms with E-state index in [1.165, 1.54) is 11.1 Å². The van der Waals surface area contributed by atoms with Crippen molar-refractivity contribution in [2.24, 2.45) is 0 Å². The molecule has 0 aliphatic carbocycles. The molecular formula is C29H33BrN2O2S. The van der Waals surface area contributed by atoms with Crippen LogP contribution in [0.15, 0.2) is 83.3 Å². The molecule has 6 heteroatoms. The molecule has 0 heterocycles. The Morgan fingerprint density at radius 1 is 0.943 bits per heavy atom. The first-order valence-electron chi connectivity index (χ1n) is 11.9. The Morgan fingerprint density at radius 3 is 2.34 bits per heavy atom. The Balaban J connectivity index is 1.82. The van der Waals surface area contributed by atoms with E-state index in [-0.39, 0.29) is 11.8 Å². The molecule has 35 heavy (non-hydrogen) atoms. The summed E-state index contributed by atoms with van der Waals surface area (Å²) < 4.78 is 0.950. The molecular weight excluding hydrogens is 520 g/mol. The number of nitrogens with zero attached hydrogens (tertiary/aromatic N) is 1. The Labute approximate surface area is 221 Å². The van der Waals surface area contributed by atoms with Crippen LogP contribution in [0.2, 0.25) is 0 Å². The number of aryl methyl sites for hydroxylation is 1. The van der Waals surface area contributed by atoms with Crippen molar-refractivity contribution in [1.82, 2.24) is 10.2 Å². The number of hydrogen-bond acceptors (Lipinski definition) is 3. The molecule has 0 aromatic heterocycles. The zero-order chi connectivity index (χ0) is 25.0. The van der Waals surface area contributed by atoms with Crippen LogP contribution in [0.3, 0.4) is 0 Å². The summed E-state index contributed by atoms with van der Waals surface area (Å²) in [6, 6.07) is 25.6. The minimum atomic E-state index is -0.588. The number of carbonyl (C=O) groups is 2. The van der Waals surface area contributed by atoms with Gasteiger partial charge in [0, 0.05) is 29.7 Å².